The second kappa shape index (κ2) is 5.36. The first kappa shape index (κ1) is 13.3. The molecule has 1 N–H and O–H groups in total. The Balaban J connectivity index is 1.80. The van der Waals surface area contributed by atoms with Gasteiger partial charge >= 0.3 is 0 Å². The van der Waals surface area contributed by atoms with Crippen LogP contribution in [-0.2, 0) is 11.2 Å². The largest absolute Gasteiger partial charge is 0.323 e. The van der Waals surface area contributed by atoms with Crippen LogP contribution in [-0.4, -0.2) is 20.5 Å². The zero-order valence-corrected chi connectivity index (χ0v) is 12.0. The highest BCUT2D eigenvalue weighted by molar-refractivity contribution is 5.95. The van der Waals surface area contributed by atoms with Gasteiger partial charge in [-0.3, -0.25) is 4.79 Å². The molecule has 5 heteroatoms. The molecular weight excluding hydrogens is 264 g/mol. The molecule has 0 bridgehead atoms. The van der Waals surface area contributed by atoms with E-state index >= 15 is 0 Å². The summed E-state index contributed by atoms with van der Waals surface area (Å²) in [6.45, 7) is 3.84. The van der Waals surface area contributed by atoms with Crippen LogP contribution in [0.1, 0.15) is 17.0 Å². The Morgan fingerprint density at radius 3 is 2.90 bits per heavy atom. The molecule has 0 atom stereocenters. The normalized spacial score (nSPS) is 10.8. The Hall–Kier alpha value is -2.69. The van der Waals surface area contributed by atoms with Crippen molar-refractivity contribution >= 4 is 17.2 Å². The monoisotopic (exact) mass is 280 g/mol. The third-order valence-corrected chi connectivity index (χ3v) is 3.19. The number of rotatable bonds is 3. The van der Waals surface area contributed by atoms with Gasteiger partial charge in [0.15, 0.2) is 5.65 Å². The standard InChI is InChI=1S/C16H16N4O/c1-11-5-3-6-13(9-11)10-15(21)18-14-7-4-8-20-16(14)17-12(2)19-20/h3-9H,10H2,1-2H3,(H,18,21). The summed E-state index contributed by atoms with van der Waals surface area (Å²) in [6, 6.07) is 11.6. The molecule has 0 fully saturated rings. The van der Waals surface area contributed by atoms with E-state index < -0.39 is 0 Å². The Bertz CT molecular complexity index is 807. The summed E-state index contributed by atoms with van der Waals surface area (Å²) in [6.07, 6.45) is 2.15. The highest BCUT2D eigenvalue weighted by Crippen LogP contribution is 2.15. The molecule has 0 saturated carbocycles. The summed E-state index contributed by atoms with van der Waals surface area (Å²) >= 11 is 0. The minimum atomic E-state index is -0.0608. The number of carbonyl (C=O) groups is 1. The quantitative estimate of drug-likeness (QED) is 0.802. The number of carbonyl (C=O) groups excluding carboxylic acids is 1. The van der Waals surface area contributed by atoms with E-state index in [9.17, 15) is 4.79 Å². The maximum absolute atomic E-state index is 12.2. The lowest BCUT2D eigenvalue weighted by atomic mass is 10.1. The van der Waals surface area contributed by atoms with Crippen molar-refractivity contribution in [1.82, 2.24) is 14.6 Å². The van der Waals surface area contributed by atoms with Gasteiger partial charge in [0.05, 0.1) is 12.1 Å². The smallest absolute Gasteiger partial charge is 0.228 e. The van der Waals surface area contributed by atoms with Gasteiger partial charge in [-0.2, -0.15) is 5.10 Å². The molecule has 0 aliphatic carbocycles. The minimum absolute atomic E-state index is 0.0608. The number of nitrogens with one attached hydrogen (secondary N) is 1. The Morgan fingerprint density at radius 2 is 2.10 bits per heavy atom. The molecule has 0 spiro atoms. The second-order valence-electron chi connectivity index (χ2n) is 5.06. The van der Waals surface area contributed by atoms with Gasteiger partial charge in [0.25, 0.3) is 0 Å². The van der Waals surface area contributed by atoms with Crippen LogP contribution in [0.5, 0.6) is 0 Å². The summed E-state index contributed by atoms with van der Waals surface area (Å²) in [4.78, 5) is 16.5. The zero-order valence-electron chi connectivity index (χ0n) is 12.0. The Morgan fingerprint density at radius 1 is 1.24 bits per heavy atom. The van der Waals surface area contributed by atoms with Crippen molar-refractivity contribution in [3.63, 3.8) is 0 Å². The maximum Gasteiger partial charge on any atom is 0.228 e. The molecule has 0 aliphatic rings. The maximum atomic E-state index is 12.2. The lowest BCUT2D eigenvalue weighted by Gasteiger charge is -2.06. The van der Waals surface area contributed by atoms with E-state index in [1.54, 1.807) is 4.52 Å². The molecule has 5 nitrogen and oxygen atoms in total. The first-order valence-electron chi connectivity index (χ1n) is 6.79. The number of aryl methyl sites for hydroxylation is 2. The molecule has 0 radical (unpaired) electrons. The van der Waals surface area contributed by atoms with Crippen molar-refractivity contribution in [2.75, 3.05) is 5.32 Å². The number of amides is 1. The van der Waals surface area contributed by atoms with Crippen LogP contribution < -0.4 is 5.32 Å². The number of nitrogens with zero attached hydrogens (tertiary/aromatic N) is 3. The third-order valence-electron chi connectivity index (χ3n) is 3.19. The molecule has 106 valence electrons. The number of benzene rings is 1. The molecule has 3 rings (SSSR count). The van der Waals surface area contributed by atoms with Crippen LogP contribution >= 0.6 is 0 Å². The lowest BCUT2D eigenvalue weighted by Crippen LogP contribution is -2.15. The van der Waals surface area contributed by atoms with Gasteiger partial charge in [0.1, 0.15) is 5.82 Å². The van der Waals surface area contributed by atoms with E-state index in [0.717, 1.165) is 11.1 Å². The van der Waals surface area contributed by atoms with E-state index in [-0.39, 0.29) is 5.91 Å². The molecular formula is C16H16N4O. The molecule has 0 unspecified atom stereocenters. The number of fused-ring (bicyclic) bond motifs is 1. The van der Waals surface area contributed by atoms with E-state index in [1.165, 1.54) is 0 Å². The fourth-order valence-electron chi connectivity index (χ4n) is 2.31. The SMILES string of the molecule is Cc1cccc(CC(=O)Nc2cccn3nc(C)nc23)c1. The van der Waals surface area contributed by atoms with Crippen molar-refractivity contribution in [1.29, 1.82) is 0 Å². The first-order chi connectivity index (χ1) is 10.1. The fraction of sp³-hybridized carbons (Fsp3) is 0.188. The Labute approximate surface area is 122 Å². The molecule has 0 saturated heterocycles. The van der Waals surface area contributed by atoms with E-state index in [1.807, 2.05) is 56.4 Å². The van der Waals surface area contributed by atoms with Crippen LogP contribution in [0.2, 0.25) is 0 Å². The van der Waals surface area contributed by atoms with Crippen molar-refractivity contribution in [3.8, 4) is 0 Å². The highest BCUT2D eigenvalue weighted by Gasteiger charge is 2.09. The number of aromatic nitrogens is 3. The summed E-state index contributed by atoms with van der Waals surface area (Å²) in [5.74, 6) is 0.615. The summed E-state index contributed by atoms with van der Waals surface area (Å²) < 4.78 is 1.66. The molecule has 2 aromatic heterocycles. The number of pyridine rings is 1. The van der Waals surface area contributed by atoms with Crippen LogP contribution in [0.15, 0.2) is 42.6 Å². The minimum Gasteiger partial charge on any atom is -0.323 e. The van der Waals surface area contributed by atoms with Gasteiger partial charge in [-0.1, -0.05) is 29.8 Å². The van der Waals surface area contributed by atoms with Crippen molar-refractivity contribution in [3.05, 3.63) is 59.5 Å². The Kier molecular flexibility index (Phi) is 3.39. The summed E-state index contributed by atoms with van der Waals surface area (Å²) in [5, 5.41) is 7.13. The van der Waals surface area contributed by atoms with Gasteiger partial charge < -0.3 is 5.32 Å². The van der Waals surface area contributed by atoms with Gasteiger partial charge in [-0.25, -0.2) is 9.50 Å². The molecule has 21 heavy (non-hydrogen) atoms. The van der Waals surface area contributed by atoms with E-state index in [2.05, 4.69) is 15.4 Å². The average molecular weight is 280 g/mol. The van der Waals surface area contributed by atoms with Crippen LogP contribution in [0.25, 0.3) is 5.65 Å². The number of anilines is 1. The summed E-state index contributed by atoms with van der Waals surface area (Å²) in [7, 11) is 0. The fourth-order valence-corrected chi connectivity index (χ4v) is 2.31. The van der Waals surface area contributed by atoms with Crippen molar-refractivity contribution < 1.29 is 4.79 Å². The van der Waals surface area contributed by atoms with Crippen LogP contribution in [0.3, 0.4) is 0 Å². The van der Waals surface area contributed by atoms with Crippen LogP contribution in [0, 0.1) is 13.8 Å². The topological polar surface area (TPSA) is 59.3 Å². The third kappa shape index (κ3) is 2.91. The summed E-state index contributed by atoms with van der Waals surface area (Å²) in [5.41, 5.74) is 3.48. The van der Waals surface area contributed by atoms with Gasteiger partial charge in [-0.15, -0.1) is 0 Å². The predicted octanol–water partition coefficient (Wildman–Crippen LogP) is 2.53. The van der Waals surface area contributed by atoms with Gasteiger partial charge in [0, 0.05) is 6.20 Å². The van der Waals surface area contributed by atoms with Crippen LogP contribution in [0.4, 0.5) is 5.69 Å². The molecule has 1 aromatic carbocycles. The average Bonchev–Trinajstić information content (AvgIpc) is 2.80. The molecule has 3 aromatic rings. The highest BCUT2D eigenvalue weighted by atomic mass is 16.1. The molecule has 1 amide bonds. The number of hydrogen-bond acceptors (Lipinski definition) is 3. The van der Waals surface area contributed by atoms with E-state index in [4.69, 9.17) is 0 Å². The van der Waals surface area contributed by atoms with E-state index in [0.29, 0.717) is 23.6 Å². The van der Waals surface area contributed by atoms with Gasteiger partial charge in [0.2, 0.25) is 5.91 Å². The first-order valence-corrected chi connectivity index (χ1v) is 6.79. The zero-order chi connectivity index (χ0) is 14.8. The second-order valence-corrected chi connectivity index (χ2v) is 5.06. The lowest BCUT2D eigenvalue weighted by molar-refractivity contribution is -0.115. The van der Waals surface area contributed by atoms with Crippen molar-refractivity contribution in [2.45, 2.75) is 20.3 Å². The molecule has 2 heterocycles. The predicted molar refractivity (Wildman–Crippen MR) is 81.2 cm³/mol. The van der Waals surface area contributed by atoms with Gasteiger partial charge in [-0.05, 0) is 31.5 Å². The molecule has 0 aliphatic heterocycles. The number of hydrogen-bond donors (Lipinski definition) is 1. The van der Waals surface area contributed by atoms with Crippen molar-refractivity contribution in [2.24, 2.45) is 0 Å².